The van der Waals surface area contributed by atoms with Crippen LogP contribution in [-0.2, 0) is 11.8 Å². The summed E-state index contributed by atoms with van der Waals surface area (Å²) in [6.07, 6.45) is 0. The van der Waals surface area contributed by atoms with Crippen LogP contribution in [0.3, 0.4) is 0 Å². The van der Waals surface area contributed by atoms with Crippen molar-refractivity contribution in [2.75, 3.05) is 32.8 Å². The van der Waals surface area contributed by atoms with E-state index < -0.39 is 0 Å². The Balaban J connectivity index is 1.51. The molecule has 1 amide bonds. The third kappa shape index (κ3) is 3.02. The first-order valence-corrected chi connectivity index (χ1v) is 9.31. The summed E-state index contributed by atoms with van der Waals surface area (Å²) in [5, 5.41) is 4.75. The highest BCUT2D eigenvalue weighted by Gasteiger charge is 2.38. The summed E-state index contributed by atoms with van der Waals surface area (Å²) < 4.78 is 7.52. The lowest BCUT2D eigenvalue weighted by atomic mass is 10.00. The summed E-state index contributed by atoms with van der Waals surface area (Å²) in [6, 6.07) is 10.9. The Bertz CT molecular complexity index is 807. The van der Waals surface area contributed by atoms with Gasteiger partial charge in [-0.05, 0) is 12.5 Å². The standard InChI is InChI=1S/C19H23ClN4O2/c1-13-17(20)18(21-22(13)2)19(25)23-8-9-24-15(10-23)11-26-12-16(24)14-6-4-3-5-7-14/h3-7,15-16H,8-12H2,1-2H3/t15-,16-/m1/s1. The number of piperazine rings is 1. The topological polar surface area (TPSA) is 50.6 Å². The molecule has 6 nitrogen and oxygen atoms in total. The van der Waals surface area contributed by atoms with Gasteiger partial charge in [-0.3, -0.25) is 14.4 Å². The molecule has 4 rings (SSSR count). The molecule has 2 fully saturated rings. The maximum absolute atomic E-state index is 12.9. The quantitative estimate of drug-likeness (QED) is 0.809. The van der Waals surface area contributed by atoms with Crippen LogP contribution in [0.25, 0.3) is 0 Å². The Labute approximate surface area is 158 Å². The predicted octanol–water partition coefficient (Wildman–Crippen LogP) is 2.28. The van der Waals surface area contributed by atoms with Crippen molar-refractivity contribution >= 4 is 17.5 Å². The van der Waals surface area contributed by atoms with Crippen LogP contribution < -0.4 is 0 Å². The molecule has 3 heterocycles. The molecule has 7 heteroatoms. The summed E-state index contributed by atoms with van der Waals surface area (Å²) >= 11 is 6.30. The number of fused-ring (bicyclic) bond motifs is 1. The molecule has 0 unspecified atom stereocenters. The maximum atomic E-state index is 12.9. The Kier molecular flexibility index (Phi) is 4.73. The molecule has 2 saturated heterocycles. The van der Waals surface area contributed by atoms with Crippen molar-refractivity contribution in [2.24, 2.45) is 7.05 Å². The van der Waals surface area contributed by atoms with Crippen LogP contribution >= 0.6 is 11.6 Å². The van der Waals surface area contributed by atoms with E-state index in [4.69, 9.17) is 16.3 Å². The van der Waals surface area contributed by atoms with Gasteiger partial charge in [-0.25, -0.2) is 0 Å². The maximum Gasteiger partial charge on any atom is 0.276 e. The average Bonchev–Trinajstić information content (AvgIpc) is 2.94. The number of aromatic nitrogens is 2. The number of morpholine rings is 1. The van der Waals surface area contributed by atoms with Gasteiger partial charge < -0.3 is 9.64 Å². The number of halogens is 1. The molecule has 0 spiro atoms. The zero-order valence-corrected chi connectivity index (χ0v) is 15.8. The molecule has 0 aliphatic carbocycles. The molecule has 1 aromatic carbocycles. The minimum absolute atomic E-state index is 0.0971. The van der Waals surface area contributed by atoms with E-state index in [0.717, 1.165) is 12.2 Å². The number of carbonyl (C=O) groups is 1. The molecular formula is C19H23ClN4O2. The summed E-state index contributed by atoms with van der Waals surface area (Å²) in [5.74, 6) is -0.0971. The molecule has 2 aromatic rings. The van der Waals surface area contributed by atoms with E-state index in [1.807, 2.05) is 17.9 Å². The second-order valence-electron chi connectivity index (χ2n) is 6.98. The van der Waals surface area contributed by atoms with Crippen LogP contribution in [0.2, 0.25) is 5.02 Å². The van der Waals surface area contributed by atoms with Gasteiger partial charge in [0.15, 0.2) is 5.69 Å². The molecule has 0 saturated carbocycles. The van der Waals surface area contributed by atoms with Gasteiger partial charge in [0, 0.05) is 26.7 Å². The summed E-state index contributed by atoms with van der Waals surface area (Å²) in [4.78, 5) is 17.2. The number of benzene rings is 1. The largest absolute Gasteiger partial charge is 0.378 e. The summed E-state index contributed by atoms with van der Waals surface area (Å²) in [5.41, 5.74) is 2.41. The van der Waals surface area contributed by atoms with E-state index in [2.05, 4.69) is 34.3 Å². The lowest BCUT2D eigenvalue weighted by Crippen LogP contribution is -2.60. The fourth-order valence-electron chi connectivity index (χ4n) is 3.86. The highest BCUT2D eigenvalue weighted by Crippen LogP contribution is 2.30. The number of hydrogen-bond acceptors (Lipinski definition) is 4. The van der Waals surface area contributed by atoms with Crippen molar-refractivity contribution < 1.29 is 9.53 Å². The van der Waals surface area contributed by atoms with Gasteiger partial charge in [-0.2, -0.15) is 5.10 Å². The lowest BCUT2D eigenvalue weighted by molar-refractivity contribution is -0.0771. The molecule has 0 N–H and O–H groups in total. The van der Waals surface area contributed by atoms with Crippen LogP contribution in [-0.4, -0.2) is 64.4 Å². The smallest absolute Gasteiger partial charge is 0.276 e. The fraction of sp³-hybridized carbons (Fsp3) is 0.474. The first-order chi connectivity index (χ1) is 12.6. The summed E-state index contributed by atoms with van der Waals surface area (Å²) in [6.45, 7) is 5.33. The number of rotatable bonds is 2. The minimum atomic E-state index is -0.0971. The van der Waals surface area contributed by atoms with E-state index in [1.54, 1.807) is 11.7 Å². The van der Waals surface area contributed by atoms with E-state index >= 15 is 0 Å². The van der Waals surface area contributed by atoms with Gasteiger partial charge in [-0.1, -0.05) is 41.9 Å². The zero-order chi connectivity index (χ0) is 18.3. The van der Waals surface area contributed by atoms with Gasteiger partial charge in [0.2, 0.25) is 0 Å². The van der Waals surface area contributed by atoms with Crippen LogP contribution in [0.15, 0.2) is 30.3 Å². The molecule has 1 aromatic heterocycles. The van der Waals surface area contributed by atoms with Crippen LogP contribution in [0.1, 0.15) is 27.8 Å². The Morgan fingerprint density at radius 2 is 2.00 bits per heavy atom. The van der Waals surface area contributed by atoms with Crippen LogP contribution in [0.4, 0.5) is 0 Å². The normalized spacial score (nSPS) is 23.7. The molecule has 26 heavy (non-hydrogen) atoms. The zero-order valence-electron chi connectivity index (χ0n) is 15.1. The number of nitrogens with zero attached hydrogens (tertiary/aromatic N) is 4. The lowest BCUT2D eigenvalue weighted by Gasteiger charge is -2.48. The second kappa shape index (κ2) is 7.02. The third-order valence-electron chi connectivity index (χ3n) is 5.45. The molecule has 2 aliphatic rings. The van der Waals surface area contributed by atoms with Crippen molar-refractivity contribution in [1.29, 1.82) is 0 Å². The number of hydrogen-bond donors (Lipinski definition) is 0. The Hall–Kier alpha value is -1.89. The first kappa shape index (κ1) is 17.5. The number of carbonyl (C=O) groups excluding carboxylic acids is 1. The SMILES string of the molecule is Cc1c(Cl)c(C(=O)N2CCN3[C@@H](COC[C@@H]3c3ccccc3)C2)nn1C. The molecule has 0 radical (unpaired) electrons. The third-order valence-corrected chi connectivity index (χ3v) is 5.90. The van der Waals surface area contributed by atoms with E-state index in [0.29, 0.717) is 37.0 Å². The average molecular weight is 375 g/mol. The van der Waals surface area contributed by atoms with E-state index in [1.165, 1.54) is 5.56 Å². The van der Waals surface area contributed by atoms with Crippen molar-refractivity contribution in [3.05, 3.63) is 52.3 Å². The van der Waals surface area contributed by atoms with Crippen molar-refractivity contribution in [1.82, 2.24) is 19.6 Å². The highest BCUT2D eigenvalue weighted by molar-refractivity contribution is 6.34. The monoisotopic (exact) mass is 374 g/mol. The molecule has 2 atom stereocenters. The van der Waals surface area contributed by atoms with Crippen LogP contribution in [0.5, 0.6) is 0 Å². The predicted molar refractivity (Wildman–Crippen MR) is 99.4 cm³/mol. The molecule has 138 valence electrons. The van der Waals surface area contributed by atoms with Gasteiger partial charge in [0.1, 0.15) is 0 Å². The molecule has 2 aliphatic heterocycles. The Morgan fingerprint density at radius 1 is 1.23 bits per heavy atom. The number of amides is 1. The van der Waals surface area contributed by atoms with Crippen molar-refractivity contribution in [3.8, 4) is 0 Å². The van der Waals surface area contributed by atoms with E-state index in [-0.39, 0.29) is 18.0 Å². The van der Waals surface area contributed by atoms with Gasteiger partial charge >= 0.3 is 0 Å². The fourth-order valence-corrected chi connectivity index (χ4v) is 4.10. The van der Waals surface area contributed by atoms with Gasteiger partial charge in [0.25, 0.3) is 5.91 Å². The first-order valence-electron chi connectivity index (χ1n) is 8.93. The van der Waals surface area contributed by atoms with Gasteiger partial charge in [-0.15, -0.1) is 0 Å². The molecule has 0 bridgehead atoms. The number of aryl methyl sites for hydroxylation is 1. The van der Waals surface area contributed by atoms with Gasteiger partial charge in [0.05, 0.1) is 36.0 Å². The van der Waals surface area contributed by atoms with Crippen molar-refractivity contribution in [3.63, 3.8) is 0 Å². The van der Waals surface area contributed by atoms with Crippen molar-refractivity contribution in [2.45, 2.75) is 19.0 Å². The highest BCUT2D eigenvalue weighted by atomic mass is 35.5. The minimum Gasteiger partial charge on any atom is -0.378 e. The Morgan fingerprint density at radius 3 is 2.69 bits per heavy atom. The number of ether oxygens (including phenoxy) is 1. The van der Waals surface area contributed by atoms with Crippen LogP contribution in [0, 0.1) is 6.92 Å². The molecular weight excluding hydrogens is 352 g/mol. The summed E-state index contributed by atoms with van der Waals surface area (Å²) in [7, 11) is 1.80. The second-order valence-corrected chi connectivity index (χ2v) is 7.36. The van der Waals surface area contributed by atoms with E-state index in [9.17, 15) is 4.79 Å².